The molecule has 0 fully saturated rings. The monoisotopic (exact) mass is 295 g/mol. The minimum atomic E-state index is -4.54. The number of rotatable bonds is 4. The summed E-state index contributed by atoms with van der Waals surface area (Å²) in [6, 6.07) is 2.61. The summed E-state index contributed by atoms with van der Waals surface area (Å²) in [5.41, 5.74) is -0.799. The van der Waals surface area contributed by atoms with Crippen molar-refractivity contribution < 1.29 is 22.7 Å². The minimum Gasteiger partial charge on any atom is -0.464 e. The highest BCUT2D eigenvalue weighted by Gasteiger charge is 2.33. The number of carbonyl (C=O) groups is 1. The lowest BCUT2D eigenvalue weighted by atomic mass is 10.2. The summed E-state index contributed by atoms with van der Waals surface area (Å²) in [5, 5.41) is 2.25. The Balaban J connectivity index is 2.89. The highest BCUT2D eigenvalue weighted by Crippen LogP contribution is 2.36. The molecule has 0 heterocycles. The second-order valence-corrected chi connectivity index (χ2v) is 4.22. The number of anilines is 1. The number of ether oxygens (including phenoxy) is 1. The molecule has 0 amide bonds. The topological polar surface area (TPSA) is 38.3 Å². The van der Waals surface area contributed by atoms with Crippen LogP contribution in [0.15, 0.2) is 18.2 Å². The summed E-state index contributed by atoms with van der Waals surface area (Å²) >= 11 is 5.49. The van der Waals surface area contributed by atoms with Crippen molar-refractivity contribution in [2.75, 3.05) is 11.9 Å². The molecule has 0 bridgehead atoms. The zero-order valence-corrected chi connectivity index (χ0v) is 11.1. The van der Waals surface area contributed by atoms with Crippen LogP contribution in [-0.2, 0) is 15.7 Å². The molecule has 0 saturated carbocycles. The molecule has 0 aliphatic carbocycles. The zero-order valence-electron chi connectivity index (χ0n) is 10.3. The van der Waals surface area contributed by atoms with Crippen LogP contribution in [0.4, 0.5) is 18.9 Å². The maximum Gasteiger partial charge on any atom is 0.417 e. The average molecular weight is 296 g/mol. The number of hydrogen-bond donors (Lipinski definition) is 1. The largest absolute Gasteiger partial charge is 0.464 e. The van der Waals surface area contributed by atoms with Crippen LogP contribution in [0, 0.1) is 0 Å². The lowest BCUT2D eigenvalue weighted by molar-refractivity contribution is -0.143. The fourth-order valence-corrected chi connectivity index (χ4v) is 1.63. The van der Waals surface area contributed by atoms with E-state index in [1.165, 1.54) is 13.0 Å². The van der Waals surface area contributed by atoms with Crippen LogP contribution in [0.1, 0.15) is 19.4 Å². The maximum atomic E-state index is 12.6. The van der Waals surface area contributed by atoms with Gasteiger partial charge in [0.1, 0.15) is 6.04 Å². The number of halogens is 4. The van der Waals surface area contributed by atoms with Crippen LogP contribution in [0.25, 0.3) is 0 Å². The van der Waals surface area contributed by atoms with Gasteiger partial charge in [-0.3, -0.25) is 0 Å². The predicted molar refractivity (Wildman–Crippen MR) is 66.2 cm³/mol. The molecule has 7 heteroatoms. The molecule has 0 aromatic heterocycles. The fraction of sp³-hybridized carbons (Fsp3) is 0.417. The van der Waals surface area contributed by atoms with E-state index in [-0.39, 0.29) is 17.3 Å². The first-order valence-corrected chi connectivity index (χ1v) is 5.93. The standard InChI is InChI=1S/C12H13ClF3NO2/c1-3-19-11(18)7(2)17-8-4-5-10(13)9(6-8)12(14,15)16/h4-7,17H,3H2,1-2H3/t7-/m0/s1. The van der Waals surface area contributed by atoms with Gasteiger partial charge in [-0.15, -0.1) is 0 Å². The van der Waals surface area contributed by atoms with Gasteiger partial charge >= 0.3 is 12.1 Å². The molecule has 0 aliphatic heterocycles. The van der Waals surface area contributed by atoms with Crippen LogP contribution in [0.2, 0.25) is 5.02 Å². The van der Waals surface area contributed by atoms with Crippen molar-refractivity contribution in [3.8, 4) is 0 Å². The van der Waals surface area contributed by atoms with Gasteiger partial charge in [0.05, 0.1) is 17.2 Å². The van der Waals surface area contributed by atoms with Gasteiger partial charge in [0.2, 0.25) is 0 Å². The fourth-order valence-electron chi connectivity index (χ4n) is 1.41. The Labute approximate surface area is 113 Å². The van der Waals surface area contributed by atoms with E-state index in [2.05, 4.69) is 5.32 Å². The van der Waals surface area contributed by atoms with Crippen LogP contribution >= 0.6 is 11.6 Å². The molecule has 0 radical (unpaired) electrons. The lowest BCUT2D eigenvalue weighted by Crippen LogP contribution is -2.28. The van der Waals surface area contributed by atoms with Gasteiger partial charge in [0.25, 0.3) is 0 Å². The summed E-state index contributed by atoms with van der Waals surface area (Å²) in [5.74, 6) is -0.536. The number of carbonyl (C=O) groups excluding carboxylic acids is 1. The Hall–Kier alpha value is -1.43. The van der Waals surface area contributed by atoms with E-state index in [0.717, 1.165) is 12.1 Å². The second-order valence-electron chi connectivity index (χ2n) is 3.81. The van der Waals surface area contributed by atoms with E-state index >= 15 is 0 Å². The van der Waals surface area contributed by atoms with Gasteiger partial charge in [0.15, 0.2) is 0 Å². The highest BCUT2D eigenvalue weighted by atomic mass is 35.5. The smallest absolute Gasteiger partial charge is 0.417 e. The van der Waals surface area contributed by atoms with Crippen molar-refractivity contribution in [2.24, 2.45) is 0 Å². The van der Waals surface area contributed by atoms with Gasteiger partial charge < -0.3 is 10.1 Å². The summed E-state index contributed by atoms with van der Waals surface area (Å²) in [6.07, 6.45) is -4.54. The third-order valence-corrected chi connectivity index (χ3v) is 2.62. The molecule has 0 aliphatic rings. The van der Waals surface area contributed by atoms with Crippen molar-refractivity contribution in [2.45, 2.75) is 26.1 Å². The van der Waals surface area contributed by atoms with Gasteiger partial charge in [-0.25, -0.2) is 4.79 Å². The molecule has 0 unspecified atom stereocenters. The van der Waals surface area contributed by atoms with Gasteiger partial charge in [-0.05, 0) is 32.0 Å². The first kappa shape index (κ1) is 15.6. The average Bonchev–Trinajstić information content (AvgIpc) is 2.30. The second kappa shape index (κ2) is 6.14. The highest BCUT2D eigenvalue weighted by molar-refractivity contribution is 6.31. The van der Waals surface area contributed by atoms with Gasteiger partial charge in [-0.1, -0.05) is 11.6 Å². The third kappa shape index (κ3) is 4.31. The SMILES string of the molecule is CCOC(=O)[C@H](C)Nc1ccc(Cl)c(C(F)(F)F)c1. The quantitative estimate of drug-likeness (QED) is 0.860. The van der Waals surface area contributed by atoms with Crippen LogP contribution in [0.5, 0.6) is 0 Å². The number of hydrogen-bond acceptors (Lipinski definition) is 3. The van der Waals surface area contributed by atoms with E-state index in [0.29, 0.717) is 0 Å². The molecule has 106 valence electrons. The first-order valence-electron chi connectivity index (χ1n) is 5.55. The summed E-state index contributed by atoms with van der Waals surface area (Å²) in [6.45, 7) is 3.35. The molecular formula is C12H13ClF3NO2. The third-order valence-electron chi connectivity index (χ3n) is 2.30. The van der Waals surface area contributed by atoms with E-state index in [1.54, 1.807) is 6.92 Å². The molecule has 0 saturated heterocycles. The summed E-state index contributed by atoms with van der Waals surface area (Å²) < 4.78 is 42.7. The number of alkyl halides is 3. The first-order chi connectivity index (χ1) is 8.75. The van der Waals surface area contributed by atoms with Crippen molar-refractivity contribution in [3.05, 3.63) is 28.8 Å². The molecule has 1 rings (SSSR count). The van der Waals surface area contributed by atoms with E-state index in [9.17, 15) is 18.0 Å². The maximum absolute atomic E-state index is 12.6. The molecule has 1 aromatic carbocycles. The van der Waals surface area contributed by atoms with E-state index in [4.69, 9.17) is 16.3 Å². The van der Waals surface area contributed by atoms with E-state index in [1.807, 2.05) is 0 Å². The van der Waals surface area contributed by atoms with Crippen molar-refractivity contribution >= 4 is 23.3 Å². The molecule has 1 atom stereocenters. The Kier molecular flexibility index (Phi) is 5.05. The molecular weight excluding hydrogens is 283 g/mol. The Morgan fingerprint density at radius 3 is 2.63 bits per heavy atom. The molecule has 3 nitrogen and oxygen atoms in total. The lowest BCUT2D eigenvalue weighted by Gasteiger charge is -2.16. The van der Waals surface area contributed by atoms with Crippen molar-refractivity contribution in [3.63, 3.8) is 0 Å². The molecule has 19 heavy (non-hydrogen) atoms. The molecule has 0 spiro atoms. The summed E-state index contributed by atoms with van der Waals surface area (Å²) in [7, 11) is 0. The normalized spacial score (nSPS) is 12.9. The van der Waals surface area contributed by atoms with Gasteiger partial charge in [-0.2, -0.15) is 13.2 Å². The number of esters is 1. The minimum absolute atomic E-state index is 0.150. The number of benzene rings is 1. The predicted octanol–water partition coefficient (Wildman–Crippen LogP) is 3.72. The van der Waals surface area contributed by atoms with Gasteiger partial charge in [0, 0.05) is 5.69 Å². The Morgan fingerprint density at radius 2 is 2.11 bits per heavy atom. The van der Waals surface area contributed by atoms with Crippen molar-refractivity contribution in [1.82, 2.24) is 0 Å². The Morgan fingerprint density at radius 1 is 1.47 bits per heavy atom. The Bertz CT molecular complexity index is 463. The number of nitrogens with one attached hydrogen (secondary N) is 1. The van der Waals surface area contributed by atoms with Crippen LogP contribution in [-0.4, -0.2) is 18.6 Å². The van der Waals surface area contributed by atoms with Crippen molar-refractivity contribution in [1.29, 1.82) is 0 Å². The molecule has 1 N–H and O–H groups in total. The zero-order chi connectivity index (χ0) is 14.6. The van der Waals surface area contributed by atoms with Crippen LogP contribution in [0.3, 0.4) is 0 Å². The van der Waals surface area contributed by atoms with Crippen LogP contribution < -0.4 is 5.32 Å². The van der Waals surface area contributed by atoms with E-state index < -0.39 is 23.8 Å². The summed E-state index contributed by atoms with van der Waals surface area (Å²) in [4.78, 5) is 11.4. The molecule has 1 aromatic rings.